The molecule has 0 aliphatic rings. The maximum absolute atomic E-state index is 5.81. The van der Waals surface area contributed by atoms with Crippen molar-refractivity contribution in [2.75, 3.05) is 18.8 Å². The van der Waals surface area contributed by atoms with Crippen molar-refractivity contribution in [1.82, 2.24) is 4.90 Å². The van der Waals surface area contributed by atoms with Crippen molar-refractivity contribution in [3.8, 4) is 11.8 Å². The van der Waals surface area contributed by atoms with E-state index in [1.165, 1.54) is 5.56 Å². The molecule has 108 valence electrons. The molecule has 0 heterocycles. The highest BCUT2D eigenvalue weighted by atomic mass is 15.1. The summed E-state index contributed by atoms with van der Waals surface area (Å²) < 4.78 is 0. The average Bonchev–Trinajstić information content (AvgIpc) is 2.35. The summed E-state index contributed by atoms with van der Waals surface area (Å²) in [4.78, 5) is 2.35. The molecule has 0 aliphatic heterocycles. The van der Waals surface area contributed by atoms with Gasteiger partial charge >= 0.3 is 0 Å². The summed E-state index contributed by atoms with van der Waals surface area (Å²) in [6.07, 6.45) is 4.07. The van der Waals surface area contributed by atoms with Crippen LogP contribution < -0.4 is 5.73 Å². The quantitative estimate of drug-likeness (QED) is 0.653. The van der Waals surface area contributed by atoms with Gasteiger partial charge in [0, 0.05) is 24.2 Å². The van der Waals surface area contributed by atoms with Crippen LogP contribution in [0.15, 0.2) is 36.4 Å². The van der Waals surface area contributed by atoms with Gasteiger partial charge in [0.1, 0.15) is 0 Å². The molecular formula is C18H26N2. The zero-order valence-electron chi connectivity index (χ0n) is 13.1. The van der Waals surface area contributed by atoms with Gasteiger partial charge in [0.2, 0.25) is 0 Å². The number of likely N-dealkylation sites (N-methyl/N-ethyl adjacent to an activating group) is 1. The normalized spacial score (nSPS) is 11.7. The molecule has 0 saturated carbocycles. The van der Waals surface area contributed by atoms with Gasteiger partial charge in [-0.15, -0.1) is 0 Å². The molecule has 2 N–H and O–H groups in total. The first-order valence-electron chi connectivity index (χ1n) is 7.15. The molecule has 0 aliphatic carbocycles. The molecule has 2 nitrogen and oxygen atoms in total. The second-order valence-corrected chi connectivity index (χ2v) is 5.99. The van der Waals surface area contributed by atoms with Crippen molar-refractivity contribution >= 4 is 5.69 Å². The van der Waals surface area contributed by atoms with E-state index >= 15 is 0 Å². The molecule has 0 spiro atoms. The first-order chi connectivity index (χ1) is 9.40. The van der Waals surface area contributed by atoms with E-state index in [-0.39, 0.29) is 5.41 Å². The van der Waals surface area contributed by atoms with E-state index in [4.69, 9.17) is 5.73 Å². The lowest BCUT2D eigenvalue weighted by Crippen LogP contribution is -2.22. The van der Waals surface area contributed by atoms with Crippen molar-refractivity contribution in [2.45, 2.75) is 34.2 Å². The lowest BCUT2D eigenvalue weighted by atomic mass is 9.98. The van der Waals surface area contributed by atoms with Crippen LogP contribution >= 0.6 is 0 Å². The zero-order chi connectivity index (χ0) is 15.0. The van der Waals surface area contributed by atoms with Crippen molar-refractivity contribution in [2.24, 2.45) is 5.41 Å². The number of rotatable bonds is 5. The van der Waals surface area contributed by atoms with E-state index in [2.05, 4.69) is 56.6 Å². The smallest absolute Gasteiger partial charge is 0.0317 e. The standard InChI is InChI=1S/C18H26N2/c1-5-20(13-8-6-7-12-18(2,3)4)15-16-10-9-11-17(19)14-16/h6,8-11,14H,5,13,15,19H2,1-4H3/b8-6+. The highest BCUT2D eigenvalue weighted by Crippen LogP contribution is 2.10. The Labute approximate surface area is 123 Å². The Morgan fingerprint density at radius 3 is 2.65 bits per heavy atom. The molecule has 0 bridgehead atoms. The average molecular weight is 270 g/mol. The minimum Gasteiger partial charge on any atom is -0.399 e. The number of anilines is 1. The van der Waals surface area contributed by atoms with Gasteiger partial charge in [-0.05, 0) is 51.1 Å². The van der Waals surface area contributed by atoms with Gasteiger partial charge in [-0.1, -0.05) is 37.0 Å². The Morgan fingerprint density at radius 1 is 1.30 bits per heavy atom. The van der Waals surface area contributed by atoms with Crippen molar-refractivity contribution in [3.63, 3.8) is 0 Å². The van der Waals surface area contributed by atoms with E-state index in [1.54, 1.807) is 0 Å². The number of hydrogen-bond donors (Lipinski definition) is 1. The first kappa shape index (κ1) is 16.3. The predicted molar refractivity (Wildman–Crippen MR) is 88.2 cm³/mol. The van der Waals surface area contributed by atoms with Crippen LogP contribution in [0, 0.1) is 17.3 Å². The summed E-state index contributed by atoms with van der Waals surface area (Å²) in [5.41, 5.74) is 7.95. The van der Waals surface area contributed by atoms with Crippen molar-refractivity contribution < 1.29 is 0 Å². The van der Waals surface area contributed by atoms with Gasteiger partial charge in [-0.25, -0.2) is 0 Å². The Bertz CT molecular complexity index is 498. The molecule has 0 radical (unpaired) electrons. The van der Waals surface area contributed by atoms with Gasteiger partial charge in [-0.3, -0.25) is 4.90 Å². The van der Waals surface area contributed by atoms with Crippen molar-refractivity contribution in [1.29, 1.82) is 0 Å². The Kier molecular flexibility index (Phi) is 6.35. The van der Waals surface area contributed by atoms with Crippen LogP contribution in [0.1, 0.15) is 33.3 Å². The van der Waals surface area contributed by atoms with Crippen molar-refractivity contribution in [3.05, 3.63) is 42.0 Å². The van der Waals surface area contributed by atoms with Gasteiger partial charge < -0.3 is 5.73 Å². The molecule has 20 heavy (non-hydrogen) atoms. The largest absolute Gasteiger partial charge is 0.399 e. The minimum absolute atomic E-state index is 0.0658. The van der Waals surface area contributed by atoms with Crippen LogP contribution in [0.5, 0.6) is 0 Å². The number of hydrogen-bond acceptors (Lipinski definition) is 2. The molecular weight excluding hydrogens is 244 g/mol. The van der Waals surface area contributed by atoms with Gasteiger partial charge in [0.15, 0.2) is 0 Å². The summed E-state index contributed by atoms with van der Waals surface area (Å²) in [6, 6.07) is 8.07. The number of benzene rings is 1. The third-order valence-electron chi connectivity index (χ3n) is 2.82. The van der Waals surface area contributed by atoms with Gasteiger partial charge in [-0.2, -0.15) is 0 Å². The molecule has 0 amide bonds. The molecule has 0 saturated heterocycles. The summed E-state index contributed by atoms with van der Waals surface area (Å²) in [5.74, 6) is 6.30. The van der Waals surface area contributed by atoms with E-state index in [1.807, 2.05) is 24.3 Å². The first-order valence-corrected chi connectivity index (χ1v) is 7.15. The van der Waals surface area contributed by atoms with E-state index in [0.29, 0.717) is 0 Å². The van der Waals surface area contributed by atoms with E-state index in [9.17, 15) is 0 Å². The summed E-state index contributed by atoms with van der Waals surface area (Å²) >= 11 is 0. The third kappa shape index (κ3) is 7.01. The summed E-state index contributed by atoms with van der Waals surface area (Å²) in [5, 5.41) is 0. The van der Waals surface area contributed by atoms with Crippen LogP contribution in [0.3, 0.4) is 0 Å². The minimum atomic E-state index is 0.0658. The molecule has 1 aromatic carbocycles. The molecule has 0 fully saturated rings. The summed E-state index contributed by atoms with van der Waals surface area (Å²) in [6.45, 7) is 11.3. The Morgan fingerprint density at radius 2 is 2.05 bits per heavy atom. The Hall–Kier alpha value is -1.72. The lowest BCUT2D eigenvalue weighted by molar-refractivity contribution is 0.311. The SMILES string of the molecule is CCN(C/C=C/C#CC(C)(C)C)Cc1cccc(N)c1. The highest BCUT2D eigenvalue weighted by Gasteiger charge is 2.03. The van der Waals surface area contributed by atoms with E-state index in [0.717, 1.165) is 25.3 Å². The second kappa shape index (κ2) is 7.77. The second-order valence-electron chi connectivity index (χ2n) is 5.99. The number of nitrogens with two attached hydrogens (primary N) is 1. The van der Waals surface area contributed by atoms with Crippen LogP contribution in [0.2, 0.25) is 0 Å². The van der Waals surface area contributed by atoms with Crippen LogP contribution in [0.25, 0.3) is 0 Å². The van der Waals surface area contributed by atoms with Crippen LogP contribution in [-0.2, 0) is 6.54 Å². The third-order valence-corrected chi connectivity index (χ3v) is 2.82. The number of nitrogen functional groups attached to an aromatic ring is 1. The fourth-order valence-corrected chi connectivity index (χ4v) is 1.77. The molecule has 1 rings (SSSR count). The fourth-order valence-electron chi connectivity index (χ4n) is 1.77. The molecule has 1 aromatic rings. The van der Waals surface area contributed by atoms with Crippen LogP contribution in [-0.4, -0.2) is 18.0 Å². The number of allylic oxidation sites excluding steroid dienone is 1. The molecule has 2 heteroatoms. The monoisotopic (exact) mass is 270 g/mol. The summed E-state index contributed by atoms with van der Waals surface area (Å²) in [7, 11) is 0. The lowest BCUT2D eigenvalue weighted by Gasteiger charge is -2.18. The molecule has 0 atom stereocenters. The predicted octanol–water partition coefficient (Wildman–Crippen LogP) is 3.70. The molecule has 0 aromatic heterocycles. The maximum Gasteiger partial charge on any atom is 0.0317 e. The number of nitrogens with zero attached hydrogens (tertiary/aromatic N) is 1. The zero-order valence-corrected chi connectivity index (χ0v) is 13.1. The fraction of sp³-hybridized carbons (Fsp3) is 0.444. The maximum atomic E-state index is 5.81. The van der Waals surface area contributed by atoms with Gasteiger partial charge in [0.05, 0.1) is 0 Å². The molecule has 0 unspecified atom stereocenters. The van der Waals surface area contributed by atoms with Crippen LogP contribution in [0.4, 0.5) is 5.69 Å². The van der Waals surface area contributed by atoms with Gasteiger partial charge in [0.25, 0.3) is 0 Å². The topological polar surface area (TPSA) is 29.3 Å². The van der Waals surface area contributed by atoms with E-state index < -0.39 is 0 Å². The highest BCUT2D eigenvalue weighted by molar-refractivity contribution is 5.40. The Balaban J connectivity index is 2.51.